The molecule has 4 nitrogen and oxygen atoms in total. The molecule has 1 amide bonds. The lowest BCUT2D eigenvalue weighted by Gasteiger charge is -2.19. The van der Waals surface area contributed by atoms with Gasteiger partial charge in [0.25, 0.3) is 5.91 Å². The first-order valence-corrected chi connectivity index (χ1v) is 8.28. The van der Waals surface area contributed by atoms with Crippen molar-refractivity contribution in [3.63, 3.8) is 0 Å². The summed E-state index contributed by atoms with van der Waals surface area (Å²) in [6, 6.07) is 10.3. The highest BCUT2D eigenvalue weighted by Crippen LogP contribution is 2.39. The lowest BCUT2D eigenvalue weighted by Crippen LogP contribution is -2.35. The topological polar surface area (TPSA) is 60.8 Å². The third kappa shape index (κ3) is 2.79. The Morgan fingerprint density at radius 1 is 1.09 bits per heavy atom. The minimum Gasteiger partial charge on any atom is -0.395 e. The van der Waals surface area contributed by atoms with Crippen LogP contribution in [0.4, 0.5) is 0 Å². The summed E-state index contributed by atoms with van der Waals surface area (Å²) in [6.45, 7) is 0.302. The van der Waals surface area contributed by atoms with Gasteiger partial charge in [0.1, 0.15) is 0 Å². The van der Waals surface area contributed by atoms with E-state index in [2.05, 4.69) is 12.1 Å². The zero-order valence-corrected chi connectivity index (χ0v) is 13.1. The van der Waals surface area contributed by atoms with E-state index in [1.807, 2.05) is 18.2 Å². The highest BCUT2D eigenvalue weighted by Gasteiger charge is 2.23. The van der Waals surface area contributed by atoms with Gasteiger partial charge < -0.3 is 15.1 Å². The van der Waals surface area contributed by atoms with Crippen LogP contribution < -0.4 is 0 Å². The second-order valence-corrected chi connectivity index (χ2v) is 6.41. The largest absolute Gasteiger partial charge is 0.395 e. The standard InChI is InChI=1S/C17H19NO3S/c19-9-7-18(8-10-20)17(21)15-11-13-6-5-12-3-1-2-4-14(12)16(13)22-15/h1-4,11,19-20H,5-10H2. The predicted molar refractivity (Wildman–Crippen MR) is 87.2 cm³/mol. The minimum atomic E-state index is -0.111. The van der Waals surface area contributed by atoms with Gasteiger partial charge in [0.15, 0.2) is 0 Å². The van der Waals surface area contributed by atoms with E-state index in [1.165, 1.54) is 37.8 Å². The molecule has 0 bridgehead atoms. The van der Waals surface area contributed by atoms with Crippen LogP contribution in [0.15, 0.2) is 30.3 Å². The van der Waals surface area contributed by atoms with Crippen molar-refractivity contribution >= 4 is 17.2 Å². The van der Waals surface area contributed by atoms with Crippen LogP contribution in [0.1, 0.15) is 20.8 Å². The van der Waals surface area contributed by atoms with Crippen molar-refractivity contribution in [3.05, 3.63) is 46.3 Å². The van der Waals surface area contributed by atoms with E-state index < -0.39 is 0 Å². The van der Waals surface area contributed by atoms with E-state index in [0.29, 0.717) is 4.88 Å². The Labute approximate surface area is 133 Å². The molecule has 0 aliphatic heterocycles. The van der Waals surface area contributed by atoms with Crippen LogP contribution >= 0.6 is 11.3 Å². The molecule has 3 rings (SSSR count). The molecule has 116 valence electrons. The molecular formula is C17H19NO3S. The zero-order chi connectivity index (χ0) is 15.5. The predicted octanol–water partition coefficient (Wildman–Crippen LogP) is 1.94. The summed E-state index contributed by atoms with van der Waals surface area (Å²) < 4.78 is 0. The number of benzene rings is 1. The molecule has 2 aromatic rings. The molecule has 0 saturated heterocycles. The fourth-order valence-corrected chi connectivity index (χ4v) is 4.13. The monoisotopic (exact) mass is 317 g/mol. The third-order valence-corrected chi connectivity index (χ3v) is 5.17. The molecule has 1 aromatic carbocycles. The molecule has 0 spiro atoms. The van der Waals surface area contributed by atoms with Gasteiger partial charge in [-0.25, -0.2) is 0 Å². The summed E-state index contributed by atoms with van der Waals surface area (Å²) >= 11 is 1.51. The van der Waals surface area contributed by atoms with Gasteiger partial charge >= 0.3 is 0 Å². The minimum absolute atomic E-state index is 0.0976. The molecule has 1 aliphatic carbocycles. The summed E-state index contributed by atoms with van der Waals surface area (Å²) in [5.41, 5.74) is 3.78. The number of fused-ring (bicyclic) bond motifs is 3. The molecule has 1 aliphatic rings. The second-order valence-electron chi connectivity index (χ2n) is 5.36. The molecule has 5 heteroatoms. The molecular weight excluding hydrogens is 298 g/mol. The number of aliphatic hydroxyl groups excluding tert-OH is 2. The number of hydrogen-bond acceptors (Lipinski definition) is 4. The molecule has 0 fully saturated rings. The number of carbonyl (C=O) groups is 1. The summed E-state index contributed by atoms with van der Waals surface area (Å²) in [5, 5.41) is 18.2. The van der Waals surface area contributed by atoms with Gasteiger partial charge in [0, 0.05) is 18.0 Å². The summed E-state index contributed by atoms with van der Waals surface area (Å²) in [5.74, 6) is -0.111. The van der Waals surface area contributed by atoms with Crippen LogP contribution in [0.3, 0.4) is 0 Å². The van der Waals surface area contributed by atoms with Gasteiger partial charge in [-0.3, -0.25) is 4.79 Å². The van der Waals surface area contributed by atoms with E-state index in [1.54, 1.807) is 0 Å². The van der Waals surface area contributed by atoms with Gasteiger partial charge in [-0.05, 0) is 35.6 Å². The lowest BCUT2D eigenvalue weighted by molar-refractivity contribution is 0.0689. The van der Waals surface area contributed by atoms with E-state index in [0.717, 1.165) is 12.8 Å². The first kappa shape index (κ1) is 15.2. The maximum atomic E-state index is 12.6. The van der Waals surface area contributed by atoms with Crippen LogP contribution in [0.5, 0.6) is 0 Å². The number of hydrogen-bond donors (Lipinski definition) is 2. The smallest absolute Gasteiger partial charge is 0.264 e. The van der Waals surface area contributed by atoms with Crippen molar-refractivity contribution in [1.82, 2.24) is 4.90 Å². The summed E-state index contributed by atoms with van der Waals surface area (Å²) in [6.07, 6.45) is 1.96. The Morgan fingerprint density at radius 3 is 2.50 bits per heavy atom. The average molecular weight is 317 g/mol. The van der Waals surface area contributed by atoms with E-state index in [9.17, 15) is 4.79 Å². The van der Waals surface area contributed by atoms with Crippen molar-refractivity contribution in [1.29, 1.82) is 0 Å². The highest BCUT2D eigenvalue weighted by atomic mass is 32.1. The normalized spacial score (nSPS) is 12.6. The molecule has 1 heterocycles. The SMILES string of the molecule is O=C(c1cc2c(s1)-c1ccccc1CC2)N(CCO)CCO. The zero-order valence-electron chi connectivity index (χ0n) is 12.3. The lowest BCUT2D eigenvalue weighted by atomic mass is 9.91. The van der Waals surface area contributed by atoms with Crippen molar-refractivity contribution in [2.24, 2.45) is 0 Å². The van der Waals surface area contributed by atoms with Crippen LogP contribution in [0, 0.1) is 0 Å². The van der Waals surface area contributed by atoms with Crippen molar-refractivity contribution in [2.75, 3.05) is 26.3 Å². The molecule has 0 unspecified atom stereocenters. The quantitative estimate of drug-likeness (QED) is 0.886. The van der Waals surface area contributed by atoms with Gasteiger partial charge in [-0.15, -0.1) is 11.3 Å². The maximum Gasteiger partial charge on any atom is 0.264 e. The Bertz CT molecular complexity index is 674. The number of carbonyl (C=O) groups excluding carboxylic acids is 1. The number of nitrogens with zero attached hydrogens (tertiary/aromatic N) is 1. The fraction of sp³-hybridized carbons (Fsp3) is 0.353. The van der Waals surface area contributed by atoms with Crippen molar-refractivity contribution < 1.29 is 15.0 Å². The summed E-state index contributed by atoms with van der Waals surface area (Å²) in [7, 11) is 0. The van der Waals surface area contributed by atoms with Crippen molar-refractivity contribution in [2.45, 2.75) is 12.8 Å². The van der Waals surface area contributed by atoms with Crippen LogP contribution in [-0.2, 0) is 12.8 Å². The Balaban J connectivity index is 1.92. The second kappa shape index (κ2) is 6.60. The van der Waals surface area contributed by atoms with E-state index in [4.69, 9.17) is 10.2 Å². The number of thiophene rings is 1. The molecule has 22 heavy (non-hydrogen) atoms. The number of aliphatic hydroxyl groups is 2. The fourth-order valence-electron chi connectivity index (χ4n) is 2.89. The number of amides is 1. The van der Waals surface area contributed by atoms with E-state index >= 15 is 0 Å². The average Bonchev–Trinajstić information content (AvgIpc) is 2.98. The van der Waals surface area contributed by atoms with Gasteiger partial charge in [0.2, 0.25) is 0 Å². The maximum absolute atomic E-state index is 12.6. The van der Waals surface area contributed by atoms with Crippen LogP contribution in [0.25, 0.3) is 10.4 Å². The third-order valence-electron chi connectivity index (χ3n) is 3.97. The Hall–Kier alpha value is -1.69. The first-order chi connectivity index (χ1) is 10.7. The van der Waals surface area contributed by atoms with Gasteiger partial charge in [-0.1, -0.05) is 24.3 Å². The van der Waals surface area contributed by atoms with Crippen LogP contribution in [0.2, 0.25) is 0 Å². The van der Waals surface area contributed by atoms with Crippen LogP contribution in [-0.4, -0.2) is 47.3 Å². The molecule has 0 radical (unpaired) electrons. The number of rotatable bonds is 5. The Kier molecular flexibility index (Phi) is 4.57. The molecule has 2 N–H and O–H groups in total. The van der Waals surface area contributed by atoms with Gasteiger partial charge in [0.05, 0.1) is 18.1 Å². The van der Waals surface area contributed by atoms with Gasteiger partial charge in [-0.2, -0.15) is 0 Å². The first-order valence-electron chi connectivity index (χ1n) is 7.46. The highest BCUT2D eigenvalue weighted by molar-refractivity contribution is 7.17. The molecule has 0 saturated carbocycles. The van der Waals surface area contributed by atoms with Crippen molar-refractivity contribution in [3.8, 4) is 10.4 Å². The Morgan fingerprint density at radius 2 is 1.77 bits per heavy atom. The summed E-state index contributed by atoms with van der Waals surface area (Å²) in [4.78, 5) is 15.9. The number of aryl methyl sites for hydroxylation is 2. The molecule has 0 atom stereocenters. The molecule has 1 aromatic heterocycles. The van der Waals surface area contributed by atoms with E-state index in [-0.39, 0.29) is 32.2 Å².